The lowest BCUT2D eigenvalue weighted by Gasteiger charge is -2.36. The Morgan fingerprint density at radius 1 is 1.12 bits per heavy atom. The van der Waals surface area contributed by atoms with E-state index in [9.17, 15) is 27.6 Å². The molecule has 12 heteroatoms. The summed E-state index contributed by atoms with van der Waals surface area (Å²) in [5, 5.41) is 0. The molecule has 192 valence electrons. The lowest BCUT2D eigenvalue weighted by atomic mass is 9.85. The molecular formula is C22H29F3O9. The van der Waals surface area contributed by atoms with Crippen molar-refractivity contribution in [1.29, 1.82) is 0 Å². The Bertz CT molecular complexity index is 834. The van der Waals surface area contributed by atoms with E-state index in [-0.39, 0.29) is 25.7 Å². The fourth-order valence-corrected chi connectivity index (χ4v) is 4.47. The van der Waals surface area contributed by atoms with Gasteiger partial charge in [-0.25, -0.2) is 4.79 Å². The summed E-state index contributed by atoms with van der Waals surface area (Å²) in [7, 11) is 0. The Hall–Kier alpha value is -1.92. The molecule has 3 aliphatic heterocycles. The molecule has 4 rings (SSSR count). The third-order valence-corrected chi connectivity index (χ3v) is 7.18. The molecule has 1 aliphatic carbocycles. The number of hydrogen-bond acceptors (Lipinski definition) is 9. The van der Waals surface area contributed by atoms with Gasteiger partial charge in [0.2, 0.25) is 6.10 Å². The van der Waals surface area contributed by atoms with Crippen LogP contribution in [0.5, 0.6) is 0 Å². The first-order valence-electron chi connectivity index (χ1n) is 11.5. The summed E-state index contributed by atoms with van der Waals surface area (Å²) in [5.41, 5.74) is -0.776. The topological polar surface area (TPSA) is 107 Å². The molecule has 0 aromatic heterocycles. The van der Waals surface area contributed by atoms with Crippen LogP contribution in [0.25, 0.3) is 0 Å². The number of carbonyl (C=O) groups is 3. The molecule has 2 unspecified atom stereocenters. The minimum atomic E-state index is -4.62. The first-order chi connectivity index (χ1) is 15.8. The molecule has 1 saturated carbocycles. The maximum absolute atomic E-state index is 12.7. The average Bonchev–Trinajstić information content (AvgIpc) is 3.36. The Labute approximate surface area is 194 Å². The Balaban J connectivity index is 1.33. The van der Waals surface area contributed by atoms with Gasteiger partial charge < -0.3 is 28.4 Å². The zero-order valence-corrected chi connectivity index (χ0v) is 19.4. The van der Waals surface area contributed by atoms with Crippen molar-refractivity contribution >= 4 is 17.9 Å². The predicted octanol–water partition coefficient (Wildman–Crippen LogP) is 2.78. The maximum Gasteiger partial charge on any atom is 0.425 e. The van der Waals surface area contributed by atoms with E-state index in [1.54, 1.807) is 13.8 Å². The van der Waals surface area contributed by atoms with E-state index in [4.69, 9.17) is 23.7 Å². The normalized spacial score (nSPS) is 38.3. The van der Waals surface area contributed by atoms with Gasteiger partial charge in [-0.2, -0.15) is 13.2 Å². The van der Waals surface area contributed by atoms with E-state index < -0.39 is 78.0 Å². The first-order valence-corrected chi connectivity index (χ1v) is 11.5. The minimum Gasteiger partial charge on any atom is -0.454 e. The monoisotopic (exact) mass is 494 g/mol. The van der Waals surface area contributed by atoms with Crippen molar-refractivity contribution < 1.29 is 56.0 Å². The van der Waals surface area contributed by atoms with Crippen LogP contribution < -0.4 is 0 Å². The molecule has 4 aliphatic rings. The van der Waals surface area contributed by atoms with Crippen molar-refractivity contribution in [3.05, 3.63) is 0 Å². The number of carbonyl (C=O) groups excluding carboxylic acids is 3. The lowest BCUT2D eigenvalue weighted by molar-refractivity contribution is -0.251. The summed E-state index contributed by atoms with van der Waals surface area (Å²) in [5.74, 6) is -3.96. The van der Waals surface area contributed by atoms with E-state index in [0.29, 0.717) is 6.42 Å². The second kappa shape index (κ2) is 8.63. The van der Waals surface area contributed by atoms with Gasteiger partial charge in [0.1, 0.15) is 6.10 Å². The molecule has 6 atom stereocenters. The van der Waals surface area contributed by atoms with E-state index in [2.05, 4.69) is 4.74 Å². The van der Waals surface area contributed by atoms with Crippen molar-refractivity contribution in [3.63, 3.8) is 0 Å². The zero-order valence-electron chi connectivity index (χ0n) is 19.4. The van der Waals surface area contributed by atoms with Crippen LogP contribution in [0.3, 0.4) is 0 Å². The summed E-state index contributed by atoms with van der Waals surface area (Å²) in [4.78, 5) is 36.9. The van der Waals surface area contributed by atoms with Gasteiger partial charge >= 0.3 is 24.1 Å². The number of hydrogen-bond donors (Lipinski definition) is 0. The average molecular weight is 494 g/mol. The fraction of sp³-hybridized carbons (Fsp3) is 0.864. The predicted molar refractivity (Wildman–Crippen MR) is 105 cm³/mol. The second-order valence-electron chi connectivity index (χ2n) is 9.94. The van der Waals surface area contributed by atoms with Gasteiger partial charge in [0.05, 0.1) is 11.3 Å². The van der Waals surface area contributed by atoms with Crippen molar-refractivity contribution in [2.75, 3.05) is 0 Å². The molecule has 0 amide bonds. The highest BCUT2D eigenvalue weighted by atomic mass is 19.4. The molecule has 0 radical (unpaired) electrons. The van der Waals surface area contributed by atoms with E-state index in [1.807, 2.05) is 6.92 Å². The Morgan fingerprint density at radius 3 is 2.35 bits per heavy atom. The maximum atomic E-state index is 12.7. The van der Waals surface area contributed by atoms with Gasteiger partial charge in [0, 0.05) is 12.8 Å². The largest absolute Gasteiger partial charge is 0.454 e. The van der Waals surface area contributed by atoms with Gasteiger partial charge in [-0.05, 0) is 40.0 Å². The van der Waals surface area contributed by atoms with Gasteiger partial charge in [-0.15, -0.1) is 0 Å². The third-order valence-electron chi connectivity index (χ3n) is 7.18. The minimum absolute atomic E-state index is 0.211. The lowest BCUT2D eigenvalue weighted by Crippen LogP contribution is -2.43. The van der Waals surface area contributed by atoms with Crippen LogP contribution in [0.2, 0.25) is 0 Å². The number of halogens is 3. The van der Waals surface area contributed by atoms with Gasteiger partial charge in [0.25, 0.3) is 0 Å². The summed E-state index contributed by atoms with van der Waals surface area (Å²) < 4.78 is 71.3. The summed E-state index contributed by atoms with van der Waals surface area (Å²) in [6.45, 7) is 6.05. The van der Waals surface area contributed by atoms with Crippen molar-refractivity contribution in [3.8, 4) is 0 Å². The van der Waals surface area contributed by atoms with E-state index in [0.717, 1.165) is 6.92 Å². The Kier molecular flexibility index (Phi) is 6.39. The number of ether oxygens (including phenoxy) is 6. The number of fused-ring (bicyclic) bond motifs is 3. The molecule has 0 N–H and O–H groups in total. The number of rotatable bonds is 5. The number of alkyl halides is 3. The van der Waals surface area contributed by atoms with E-state index in [1.165, 1.54) is 0 Å². The summed E-state index contributed by atoms with van der Waals surface area (Å²) in [6.07, 6.45) is -9.91. The van der Waals surface area contributed by atoms with Gasteiger partial charge in [0.15, 0.2) is 30.4 Å². The highest BCUT2D eigenvalue weighted by molar-refractivity contribution is 5.84. The van der Waals surface area contributed by atoms with Crippen molar-refractivity contribution in [1.82, 2.24) is 0 Å². The Morgan fingerprint density at radius 2 is 1.76 bits per heavy atom. The second-order valence-corrected chi connectivity index (χ2v) is 9.94. The van der Waals surface area contributed by atoms with Crippen LogP contribution in [0.15, 0.2) is 0 Å². The SMILES string of the molecule is CCC(C)(C)C(=O)OC1C(=O)O[C@@H]2[C@H]3OC4(CCC(C(=O)OC(C)C(F)(F)F)CC4)O[C@H]3O[C@H]12. The first kappa shape index (κ1) is 25.2. The molecule has 34 heavy (non-hydrogen) atoms. The molecule has 0 aromatic rings. The summed E-state index contributed by atoms with van der Waals surface area (Å²) in [6, 6.07) is 0. The van der Waals surface area contributed by atoms with Crippen LogP contribution in [0.1, 0.15) is 59.8 Å². The summed E-state index contributed by atoms with van der Waals surface area (Å²) >= 11 is 0. The fourth-order valence-electron chi connectivity index (χ4n) is 4.47. The highest BCUT2D eigenvalue weighted by Gasteiger charge is 2.66. The quantitative estimate of drug-likeness (QED) is 0.421. The number of esters is 3. The van der Waals surface area contributed by atoms with Crippen molar-refractivity contribution in [2.45, 2.75) is 109 Å². The van der Waals surface area contributed by atoms with Crippen molar-refractivity contribution in [2.24, 2.45) is 11.3 Å². The van der Waals surface area contributed by atoms with Crippen LogP contribution in [0.4, 0.5) is 13.2 Å². The van der Waals surface area contributed by atoms with Crippen LogP contribution in [-0.2, 0) is 42.8 Å². The smallest absolute Gasteiger partial charge is 0.425 e. The molecule has 9 nitrogen and oxygen atoms in total. The molecular weight excluding hydrogens is 465 g/mol. The molecule has 3 heterocycles. The van der Waals surface area contributed by atoms with Crippen LogP contribution >= 0.6 is 0 Å². The molecule has 1 spiro atoms. The van der Waals surface area contributed by atoms with Crippen LogP contribution in [-0.4, -0.2) is 66.7 Å². The zero-order chi connectivity index (χ0) is 25.1. The molecule has 0 bridgehead atoms. The standard InChI is InChI=1S/C22H29F3O9/c1-5-20(3,4)19(28)32-14-12-13(30-17(14)27)15-18(31-12)34-21(33-15)8-6-11(7-9-21)16(26)29-10(2)22(23,24)25/h10-15,18H,5-9H2,1-4H3/t10?,11?,12-,13-,14?,15+,18+,21?/m0/s1. The molecule has 4 fully saturated rings. The molecule has 3 saturated heterocycles. The third kappa shape index (κ3) is 4.51. The van der Waals surface area contributed by atoms with Gasteiger partial charge in [-0.3, -0.25) is 9.59 Å². The molecule has 0 aromatic carbocycles. The highest BCUT2D eigenvalue weighted by Crippen LogP contribution is 2.49. The van der Waals surface area contributed by atoms with Gasteiger partial charge in [-0.1, -0.05) is 6.92 Å². The van der Waals surface area contributed by atoms with Crippen LogP contribution in [0, 0.1) is 11.3 Å². The van der Waals surface area contributed by atoms with E-state index >= 15 is 0 Å².